The van der Waals surface area contributed by atoms with Crippen molar-refractivity contribution in [3.63, 3.8) is 0 Å². The van der Waals surface area contributed by atoms with Crippen molar-refractivity contribution in [3.05, 3.63) is 29.7 Å². The second-order valence-electron chi connectivity index (χ2n) is 9.12. The smallest absolute Gasteiger partial charge is 0.344 e. The van der Waals surface area contributed by atoms with E-state index in [-0.39, 0.29) is 11.1 Å². The number of nitrogens with zero attached hydrogens (tertiary/aromatic N) is 3. The van der Waals surface area contributed by atoms with Gasteiger partial charge in [-0.25, -0.2) is 19.1 Å². The van der Waals surface area contributed by atoms with Crippen molar-refractivity contribution in [1.82, 2.24) is 25.2 Å². The Kier molecular flexibility index (Phi) is 4.48. The van der Waals surface area contributed by atoms with E-state index >= 15 is 0 Å². The zero-order valence-electron chi connectivity index (χ0n) is 16.9. The number of amides is 3. The first-order valence-electron chi connectivity index (χ1n) is 10.5. The first-order valence-corrected chi connectivity index (χ1v) is 10.5. The van der Waals surface area contributed by atoms with E-state index in [4.69, 9.17) is 4.74 Å². The fourth-order valence-corrected chi connectivity index (χ4v) is 6.14. The maximum Gasteiger partial charge on any atom is 0.344 e. The molecule has 4 saturated carbocycles. The number of aromatic nitrogens is 3. The van der Waals surface area contributed by atoms with Crippen LogP contribution in [0, 0.1) is 24.7 Å². The molecule has 4 fully saturated rings. The number of rotatable bonds is 4. The van der Waals surface area contributed by atoms with Crippen molar-refractivity contribution >= 4 is 23.6 Å². The van der Waals surface area contributed by atoms with Gasteiger partial charge in [0.25, 0.3) is 5.91 Å². The molecular formula is C21H25N5O4. The Hall–Kier alpha value is -2.97. The molecule has 3 amide bonds. The van der Waals surface area contributed by atoms with Gasteiger partial charge in [0.15, 0.2) is 12.3 Å². The summed E-state index contributed by atoms with van der Waals surface area (Å²) in [6, 6.07) is 1.19. The van der Waals surface area contributed by atoms with Gasteiger partial charge in [-0.15, -0.1) is 0 Å². The second-order valence-corrected chi connectivity index (χ2v) is 9.12. The maximum atomic E-state index is 12.4. The average Bonchev–Trinajstić information content (AvgIpc) is 3.00. The molecule has 0 saturated heterocycles. The lowest BCUT2D eigenvalue weighted by molar-refractivity contribution is -0.123. The summed E-state index contributed by atoms with van der Waals surface area (Å²) < 4.78 is 6.58. The van der Waals surface area contributed by atoms with E-state index in [0.29, 0.717) is 29.1 Å². The predicted molar refractivity (Wildman–Crippen MR) is 106 cm³/mol. The summed E-state index contributed by atoms with van der Waals surface area (Å²) in [5.41, 5.74) is 0.843. The molecule has 2 aromatic rings. The van der Waals surface area contributed by atoms with Crippen LogP contribution in [0.3, 0.4) is 0 Å². The quantitative estimate of drug-likeness (QED) is 0.744. The van der Waals surface area contributed by atoms with Gasteiger partial charge in [-0.2, -0.15) is 5.10 Å². The highest BCUT2D eigenvalue weighted by atomic mass is 16.5. The van der Waals surface area contributed by atoms with Gasteiger partial charge in [0.1, 0.15) is 5.56 Å². The van der Waals surface area contributed by atoms with Crippen molar-refractivity contribution < 1.29 is 19.1 Å². The van der Waals surface area contributed by atoms with E-state index in [0.717, 1.165) is 19.3 Å². The molecule has 9 nitrogen and oxygen atoms in total. The molecule has 0 atom stereocenters. The van der Waals surface area contributed by atoms with E-state index in [9.17, 15) is 14.4 Å². The van der Waals surface area contributed by atoms with Crippen molar-refractivity contribution in [1.29, 1.82) is 0 Å². The number of fused-ring (bicyclic) bond motifs is 1. The highest BCUT2D eigenvalue weighted by molar-refractivity contribution is 6.00. The number of carbonyl (C=O) groups excluding carboxylic acids is 3. The molecule has 158 valence electrons. The van der Waals surface area contributed by atoms with Crippen LogP contribution >= 0.6 is 0 Å². The summed E-state index contributed by atoms with van der Waals surface area (Å²) in [7, 11) is 0. The highest BCUT2D eigenvalue weighted by Gasteiger charge is 2.51. The highest BCUT2D eigenvalue weighted by Crippen LogP contribution is 2.55. The Balaban J connectivity index is 1.16. The molecular weight excluding hydrogens is 386 g/mol. The molecule has 2 aromatic heterocycles. The summed E-state index contributed by atoms with van der Waals surface area (Å²) in [6.07, 6.45) is 10.0. The van der Waals surface area contributed by atoms with Crippen LogP contribution in [-0.4, -0.2) is 44.7 Å². The number of nitrogens with one attached hydrogen (secondary N) is 2. The van der Waals surface area contributed by atoms with Crippen LogP contribution in [0.25, 0.3) is 5.65 Å². The SMILES string of the molecule is Cc1nn2cccnc2c1C(=O)OCC(=O)NC(=O)NC12CC3CC(CC(C3)C1)C2. The van der Waals surface area contributed by atoms with Crippen LogP contribution in [0.1, 0.15) is 54.6 Å². The molecule has 6 rings (SSSR count). The topological polar surface area (TPSA) is 115 Å². The van der Waals surface area contributed by atoms with E-state index < -0.39 is 24.5 Å². The molecule has 2 heterocycles. The lowest BCUT2D eigenvalue weighted by atomic mass is 9.53. The number of aryl methyl sites for hydroxylation is 1. The summed E-state index contributed by atoms with van der Waals surface area (Å²) >= 11 is 0. The van der Waals surface area contributed by atoms with Crippen molar-refractivity contribution in [2.24, 2.45) is 17.8 Å². The van der Waals surface area contributed by atoms with Gasteiger partial charge in [-0.1, -0.05) is 0 Å². The van der Waals surface area contributed by atoms with Crippen molar-refractivity contribution in [2.75, 3.05) is 6.61 Å². The summed E-state index contributed by atoms with van der Waals surface area (Å²) in [4.78, 5) is 41.2. The Morgan fingerprint density at radius 2 is 1.83 bits per heavy atom. The molecule has 0 spiro atoms. The number of hydrogen-bond acceptors (Lipinski definition) is 6. The van der Waals surface area contributed by atoms with Gasteiger partial charge in [-0.05, 0) is 69.3 Å². The minimum Gasteiger partial charge on any atom is -0.452 e. The maximum absolute atomic E-state index is 12.4. The number of imide groups is 1. The zero-order chi connectivity index (χ0) is 20.9. The predicted octanol–water partition coefficient (Wildman–Crippen LogP) is 1.99. The molecule has 2 N–H and O–H groups in total. The number of ether oxygens (including phenoxy) is 1. The lowest BCUT2D eigenvalue weighted by Gasteiger charge is -2.56. The number of carbonyl (C=O) groups is 3. The summed E-state index contributed by atoms with van der Waals surface area (Å²) in [5.74, 6) is 0.716. The molecule has 4 aliphatic rings. The Morgan fingerprint density at radius 3 is 2.50 bits per heavy atom. The molecule has 0 aromatic carbocycles. The van der Waals surface area contributed by atoms with Gasteiger partial charge in [-0.3, -0.25) is 10.1 Å². The first kappa shape index (κ1) is 19.0. The summed E-state index contributed by atoms with van der Waals surface area (Å²) in [5, 5.41) is 9.58. The van der Waals surface area contributed by atoms with E-state index in [1.807, 2.05) is 0 Å². The van der Waals surface area contributed by atoms with Crippen LogP contribution in [0.2, 0.25) is 0 Å². The standard InChI is InChI=1S/C21H25N5O4/c1-12-17(18-22-3-2-4-26(18)25-12)19(28)30-11-16(27)23-20(29)24-21-8-13-5-14(9-21)7-15(6-13)10-21/h2-4,13-15H,5-11H2,1H3,(H2,23,24,27,29). The van der Waals surface area contributed by atoms with Gasteiger partial charge in [0.05, 0.1) is 5.69 Å². The largest absolute Gasteiger partial charge is 0.452 e. The van der Waals surface area contributed by atoms with Crippen LogP contribution in [0.4, 0.5) is 4.79 Å². The summed E-state index contributed by atoms with van der Waals surface area (Å²) in [6.45, 7) is 1.13. The lowest BCUT2D eigenvalue weighted by Crippen LogP contribution is -2.62. The molecule has 0 unspecified atom stereocenters. The van der Waals surface area contributed by atoms with Gasteiger partial charge in [0.2, 0.25) is 0 Å². The monoisotopic (exact) mass is 411 g/mol. The van der Waals surface area contributed by atoms with Crippen LogP contribution in [0.15, 0.2) is 18.5 Å². The molecule has 0 radical (unpaired) electrons. The van der Waals surface area contributed by atoms with E-state index in [1.165, 1.54) is 23.8 Å². The molecule has 30 heavy (non-hydrogen) atoms. The molecule has 4 bridgehead atoms. The minimum absolute atomic E-state index is 0.185. The van der Waals surface area contributed by atoms with Crippen molar-refractivity contribution in [2.45, 2.75) is 51.0 Å². The molecule has 0 aliphatic heterocycles. The van der Waals surface area contributed by atoms with Crippen molar-refractivity contribution in [3.8, 4) is 0 Å². The van der Waals surface area contributed by atoms with Gasteiger partial charge >= 0.3 is 12.0 Å². The minimum atomic E-state index is -0.696. The fourth-order valence-electron chi connectivity index (χ4n) is 6.14. The second kappa shape index (κ2) is 7.07. The van der Waals surface area contributed by atoms with Gasteiger partial charge < -0.3 is 10.1 Å². The third kappa shape index (κ3) is 3.42. The Labute approximate surface area is 173 Å². The normalized spacial score (nSPS) is 29.0. The Morgan fingerprint density at radius 1 is 1.17 bits per heavy atom. The first-order chi connectivity index (χ1) is 14.4. The number of urea groups is 1. The average molecular weight is 411 g/mol. The zero-order valence-corrected chi connectivity index (χ0v) is 16.9. The Bertz CT molecular complexity index is 994. The van der Waals surface area contributed by atoms with Crippen LogP contribution in [0.5, 0.6) is 0 Å². The molecule has 9 heteroatoms. The third-order valence-electron chi connectivity index (χ3n) is 6.78. The van der Waals surface area contributed by atoms with Crippen LogP contribution in [-0.2, 0) is 9.53 Å². The van der Waals surface area contributed by atoms with E-state index in [1.54, 1.807) is 25.4 Å². The number of hydrogen-bond donors (Lipinski definition) is 2. The molecule has 4 aliphatic carbocycles. The number of esters is 1. The third-order valence-corrected chi connectivity index (χ3v) is 6.78. The fraction of sp³-hybridized carbons (Fsp3) is 0.571. The van der Waals surface area contributed by atoms with E-state index in [2.05, 4.69) is 20.7 Å². The van der Waals surface area contributed by atoms with Crippen LogP contribution < -0.4 is 10.6 Å². The van der Waals surface area contributed by atoms with Gasteiger partial charge in [0, 0.05) is 17.9 Å².